The van der Waals surface area contributed by atoms with E-state index in [4.69, 9.17) is 12.2 Å². The first-order chi connectivity index (χ1) is 14.1. The van der Waals surface area contributed by atoms with E-state index in [-0.39, 0.29) is 16.6 Å². The quantitative estimate of drug-likeness (QED) is 0.264. The number of nitrogens with zero attached hydrogens (tertiary/aromatic N) is 2. The second-order valence-corrected chi connectivity index (χ2v) is 6.76. The van der Waals surface area contributed by atoms with Crippen molar-refractivity contribution in [2.75, 3.05) is 0 Å². The van der Waals surface area contributed by atoms with E-state index in [0.29, 0.717) is 11.1 Å². The molecule has 0 aliphatic carbocycles. The van der Waals surface area contributed by atoms with E-state index < -0.39 is 0 Å². The van der Waals surface area contributed by atoms with Gasteiger partial charge in [-0.05, 0) is 45.9 Å². The number of aromatic hydroxyl groups is 2. The van der Waals surface area contributed by atoms with Crippen LogP contribution in [-0.2, 0) is 0 Å². The zero-order valence-electron chi connectivity index (χ0n) is 15.3. The van der Waals surface area contributed by atoms with Gasteiger partial charge in [0, 0.05) is 17.3 Å². The lowest BCUT2D eigenvalue weighted by atomic mass is 10.0. The molecule has 142 valence electrons. The van der Waals surface area contributed by atoms with Crippen molar-refractivity contribution >= 4 is 51.3 Å². The minimum Gasteiger partial charge on any atom is -0.507 e. The van der Waals surface area contributed by atoms with Crippen LogP contribution in [-0.4, -0.2) is 27.8 Å². The monoisotopic (exact) mass is 399 g/mol. The summed E-state index contributed by atoms with van der Waals surface area (Å²) in [5.41, 5.74) is 3.85. The Balaban J connectivity index is 1.53. The third-order valence-corrected chi connectivity index (χ3v) is 4.76. The van der Waals surface area contributed by atoms with Crippen LogP contribution in [0, 0.1) is 0 Å². The summed E-state index contributed by atoms with van der Waals surface area (Å²) in [6, 6.07) is 22.4. The number of nitrogens with one attached hydrogen (secondary N) is 1. The third-order valence-electron chi connectivity index (χ3n) is 4.56. The van der Waals surface area contributed by atoms with Gasteiger partial charge in [-0.2, -0.15) is 5.10 Å². The summed E-state index contributed by atoms with van der Waals surface area (Å²) in [4.78, 5) is 4.18. The molecule has 0 fully saturated rings. The van der Waals surface area contributed by atoms with E-state index in [0.717, 1.165) is 21.5 Å². The van der Waals surface area contributed by atoms with Crippen LogP contribution in [0.4, 0.5) is 0 Å². The van der Waals surface area contributed by atoms with E-state index in [2.05, 4.69) is 15.5 Å². The summed E-state index contributed by atoms with van der Waals surface area (Å²) in [5.74, 6) is 0.253. The van der Waals surface area contributed by atoms with Gasteiger partial charge in [-0.3, -0.25) is 5.43 Å². The number of phenols is 2. The average molecular weight is 399 g/mol. The van der Waals surface area contributed by atoms with Gasteiger partial charge in [-0.1, -0.05) is 60.7 Å². The van der Waals surface area contributed by atoms with Crippen molar-refractivity contribution in [1.29, 1.82) is 0 Å². The zero-order valence-corrected chi connectivity index (χ0v) is 16.1. The molecular formula is C23H17N3O2S. The second kappa shape index (κ2) is 8.08. The molecule has 0 unspecified atom stereocenters. The highest BCUT2D eigenvalue weighted by atomic mass is 32.1. The highest BCUT2D eigenvalue weighted by Crippen LogP contribution is 2.26. The topological polar surface area (TPSA) is 77.2 Å². The second-order valence-electron chi connectivity index (χ2n) is 6.37. The molecule has 29 heavy (non-hydrogen) atoms. The molecule has 0 aliphatic rings. The van der Waals surface area contributed by atoms with Gasteiger partial charge < -0.3 is 10.2 Å². The van der Waals surface area contributed by atoms with E-state index >= 15 is 0 Å². The van der Waals surface area contributed by atoms with Gasteiger partial charge in [-0.15, -0.1) is 0 Å². The van der Waals surface area contributed by atoms with Crippen molar-refractivity contribution in [3.05, 3.63) is 83.9 Å². The molecule has 0 saturated heterocycles. The fraction of sp³-hybridized carbons (Fsp3) is 0. The Hall–Kier alpha value is -3.77. The SMILES string of the molecule is Oc1ccc2ccccc2c1/C=N/NC(=S)/N=C/c1c(O)ccc2ccccc12. The summed E-state index contributed by atoms with van der Waals surface area (Å²) in [5, 5.41) is 28.3. The molecule has 3 N–H and O–H groups in total. The first kappa shape index (κ1) is 18.6. The molecular weight excluding hydrogens is 382 g/mol. The fourth-order valence-corrected chi connectivity index (χ4v) is 3.25. The Morgan fingerprint density at radius 1 is 0.724 bits per heavy atom. The van der Waals surface area contributed by atoms with Crippen molar-refractivity contribution in [3.63, 3.8) is 0 Å². The molecule has 0 atom stereocenters. The summed E-state index contributed by atoms with van der Waals surface area (Å²) in [6.07, 6.45) is 3.02. The molecule has 6 heteroatoms. The smallest absolute Gasteiger partial charge is 0.213 e. The first-order valence-corrected chi connectivity index (χ1v) is 9.33. The molecule has 0 aromatic heterocycles. The molecule has 0 aliphatic heterocycles. The Bertz CT molecular complexity index is 1280. The first-order valence-electron chi connectivity index (χ1n) is 8.92. The van der Waals surface area contributed by atoms with Crippen LogP contribution in [0.3, 0.4) is 0 Å². The lowest BCUT2D eigenvalue weighted by Gasteiger charge is -2.05. The van der Waals surface area contributed by atoms with E-state index in [9.17, 15) is 10.2 Å². The van der Waals surface area contributed by atoms with Gasteiger partial charge >= 0.3 is 0 Å². The van der Waals surface area contributed by atoms with Crippen LogP contribution in [0.15, 0.2) is 82.9 Å². The maximum absolute atomic E-state index is 10.2. The molecule has 4 aromatic rings. The molecule has 4 aromatic carbocycles. The molecule has 0 saturated carbocycles. The number of hydrogen-bond acceptors (Lipinski definition) is 4. The van der Waals surface area contributed by atoms with Gasteiger partial charge in [-0.25, -0.2) is 4.99 Å². The Labute approximate surface area is 172 Å². The predicted octanol–water partition coefficient (Wildman–Crippen LogP) is 4.73. The zero-order chi connectivity index (χ0) is 20.2. The van der Waals surface area contributed by atoms with E-state index in [1.54, 1.807) is 12.1 Å². The molecule has 0 radical (unpaired) electrons. The Kier molecular flexibility index (Phi) is 5.18. The minimum absolute atomic E-state index is 0.124. The molecule has 0 bridgehead atoms. The number of hydrazone groups is 1. The van der Waals surface area contributed by atoms with Crippen LogP contribution >= 0.6 is 12.2 Å². The molecule has 0 amide bonds. The summed E-state index contributed by atoms with van der Waals surface area (Å²) < 4.78 is 0. The maximum Gasteiger partial charge on any atom is 0.213 e. The van der Waals surface area contributed by atoms with E-state index in [1.807, 2.05) is 60.7 Å². The van der Waals surface area contributed by atoms with Crippen molar-refractivity contribution in [2.24, 2.45) is 10.1 Å². The summed E-state index contributed by atoms with van der Waals surface area (Å²) in [6.45, 7) is 0. The molecule has 0 spiro atoms. The average Bonchev–Trinajstić information content (AvgIpc) is 2.74. The maximum atomic E-state index is 10.2. The van der Waals surface area contributed by atoms with Gasteiger partial charge in [0.25, 0.3) is 0 Å². The molecule has 5 nitrogen and oxygen atoms in total. The normalized spacial score (nSPS) is 11.6. The van der Waals surface area contributed by atoms with Crippen LogP contribution in [0.5, 0.6) is 11.5 Å². The van der Waals surface area contributed by atoms with Crippen LogP contribution in [0.25, 0.3) is 21.5 Å². The van der Waals surface area contributed by atoms with Crippen LogP contribution < -0.4 is 5.43 Å². The molecule has 4 rings (SSSR count). The van der Waals surface area contributed by atoms with Gasteiger partial charge in [0.05, 0.1) is 6.21 Å². The highest BCUT2D eigenvalue weighted by molar-refractivity contribution is 7.80. The van der Waals surface area contributed by atoms with Crippen LogP contribution in [0.1, 0.15) is 11.1 Å². The number of hydrogen-bond donors (Lipinski definition) is 3. The van der Waals surface area contributed by atoms with Crippen molar-refractivity contribution in [3.8, 4) is 11.5 Å². The Morgan fingerprint density at radius 2 is 1.24 bits per heavy atom. The number of aliphatic imine (C=N–C) groups is 1. The van der Waals surface area contributed by atoms with Gasteiger partial charge in [0.15, 0.2) is 0 Å². The standard InChI is InChI=1S/C23H17N3O2S/c27-21-11-9-15-5-1-3-7-17(15)19(21)13-24-23(29)26-25-14-20-18-8-4-2-6-16(18)10-12-22(20)28/h1-14,27-28H,(H,26,29)/b24-13+,25-14+. The van der Waals surface area contributed by atoms with Crippen LogP contribution in [0.2, 0.25) is 0 Å². The van der Waals surface area contributed by atoms with Crippen molar-refractivity contribution in [2.45, 2.75) is 0 Å². The van der Waals surface area contributed by atoms with Crippen molar-refractivity contribution in [1.82, 2.24) is 5.43 Å². The summed E-state index contributed by atoms with van der Waals surface area (Å²) in [7, 11) is 0. The minimum atomic E-state index is 0.124. The number of phenolic OH excluding ortho intramolecular Hbond substituents is 2. The van der Waals surface area contributed by atoms with E-state index in [1.165, 1.54) is 12.4 Å². The lowest BCUT2D eigenvalue weighted by molar-refractivity contribution is 0.475. The Morgan fingerprint density at radius 3 is 1.83 bits per heavy atom. The molecule has 0 heterocycles. The fourth-order valence-electron chi connectivity index (χ4n) is 3.14. The van der Waals surface area contributed by atoms with Gasteiger partial charge in [0.1, 0.15) is 11.5 Å². The largest absolute Gasteiger partial charge is 0.507 e. The predicted molar refractivity (Wildman–Crippen MR) is 122 cm³/mol. The van der Waals surface area contributed by atoms with Crippen molar-refractivity contribution < 1.29 is 10.2 Å². The number of fused-ring (bicyclic) bond motifs is 2. The lowest BCUT2D eigenvalue weighted by Crippen LogP contribution is -2.12. The number of benzene rings is 4. The third kappa shape index (κ3) is 3.93. The number of rotatable bonds is 3. The highest BCUT2D eigenvalue weighted by Gasteiger charge is 2.05. The number of thiocarbonyl (C=S) groups is 1. The van der Waals surface area contributed by atoms with Gasteiger partial charge in [0.2, 0.25) is 5.11 Å². The summed E-state index contributed by atoms with van der Waals surface area (Å²) >= 11 is 5.20.